The smallest absolute Gasteiger partial charge is 0.372 e. The predicted molar refractivity (Wildman–Crippen MR) is 83.7 cm³/mol. The lowest BCUT2D eigenvalue weighted by Crippen LogP contribution is -2.17. The molecule has 6 heteroatoms. The normalized spacial score (nSPS) is 10.8. The van der Waals surface area contributed by atoms with Crippen molar-refractivity contribution in [1.82, 2.24) is 4.98 Å². The van der Waals surface area contributed by atoms with Gasteiger partial charge in [-0.15, -0.1) is 0 Å². The average Bonchev–Trinajstić information content (AvgIpc) is 2.54. The number of carbonyl (C=O) groups excluding carboxylic acids is 2. The van der Waals surface area contributed by atoms with Gasteiger partial charge in [0.15, 0.2) is 5.78 Å². The molecule has 0 aliphatic carbocycles. The summed E-state index contributed by atoms with van der Waals surface area (Å²) in [4.78, 5) is 48.4. The van der Waals surface area contributed by atoms with Crippen molar-refractivity contribution in [3.05, 3.63) is 58.4 Å². The first kappa shape index (κ1) is 14.6. The van der Waals surface area contributed by atoms with Crippen molar-refractivity contribution in [3.63, 3.8) is 0 Å². The third-order valence-corrected chi connectivity index (χ3v) is 3.61. The summed E-state index contributed by atoms with van der Waals surface area (Å²) in [5, 5.41) is 10.6. The van der Waals surface area contributed by atoms with Crippen molar-refractivity contribution >= 4 is 39.2 Å². The minimum absolute atomic E-state index is 0.179. The van der Waals surface area contributed by atoms with Crippen LogP contribution in [0.4, 0.5) is 0 Å². The molecule has 0 spiro atoms. The van der Waals surface area contributed by atoms with Gasteiger partial charge in [-0.05, 0) is 17.5 Å². The minimum Gasteiger partial charge on any atom is -0.475 e. The first-order valence-electron chi connectivity index (χ1n) is 6.81. The van der Waals surface area contributed by atoms with E-state index in [0.29, 0.717) is 10.9 Å². The van der Waals surface area contributed by atoms with Crippen LogP contribution < -0.4 is 5.56 Å². The number of hydrogen-bond donors (Lipinski definition) is 2. The van der Waals surface area contributed by atoms with E-state index in [1.165, 1.54) is 12.1 Å². The van der Waals surface area contributed by atoms with E-state index in [9.17, 15) is 19.2 Å². The first-order chi connectivity index (χ1) is 11.0. The molecule has 0 aliphatic heterocycles. The molecule has 0 radical (unpaired) electrons. The van der Waals surface area contributed by atoms with Gasteiger partial charge in [-0.1, -0.05) is 30.3 Å². The van der Waals surface area contributed by atoms with Crippen LogP contribution in [0.2, 0.25) is 0 Å². The number of ketones is 2. The fourth-order valence-electron chi connectivity index (χ4n) is 2.49. The van der Waals surface area contributed by atoms with Crippen LogP contribution in [0.5, 0.6) is 0 Å². The van der Waals surface area contributed by atoms with Gasteiger partial charge in [0.05, 0.1) is 6.42 Å². The van der Waals surface area contributed by atoms with Crippen molar-refractivity contribution in [2.45, 2.75) is 6.42 Å². The number of benzene rings is 2. The van der Waals surface area contributed by atoms with Gasteiger partial charge in [-0.3, -0.25) is 14.4 Å². The first-order valence-corrected chi connectivity index (χ1v) is 6.81. The molecular formula is C17H11NO5. The van der Waals surface area contributed by atoms with Crippen LogP contribution in [-0.2, 0) is 9.59 Å². The van der Waals surface area contributed by atoms with E-state index in [1.807, 2.05) is 12.1 Å². The lowest BCUT2D eigenvalue weighted by atomic mass is 10.0. The topological polar surface area (TPSA) is 104 Å². The number of Topliss-reactive ketones (excluding diaryl/α,β-unsaturated/α-hetero) is 2. The predicted octanol–water partition coefficient (Wildman–Crippen LogP) is 1.91. The molecule has 0 amide bonds. The Morgan fingerprint density at radius 1 is 0.957 bits per heavy atom. The SMILES string of the molecule is O=C(O)C(=O)CC(=O)c1ccc2c(c1)[nH]c(=O)c1ccccc12. The Balaban J connectivity index is 2.11. The van der Waals surface area contributed by atoms with Gasteiger partial charge in [0.1, 0.15) is 0 Å². The van der Waals surface area contributed by atoms with Gasteiger partial charge in [-0.25, -0.2) is 4.79 Å². The Hall–Kier alpha value is -3.28. The molecule has 23 heavy (non-hydrogen) atoms. The Bertz CT molecular complexity index is 1030. The van der Waals surface area contributed by atoms with E-state index in [2.05, 4.69) is 4.98 Å². The zero-order chi connectivity index (χ0) is 16.6. The quantitative estimate of drug-likeness (QED) is 0.331. The van der Waals surface area contributed by atoms with Crippen LogP contribution in [0.25, 0.3) is 21.7 Å². The highest BCUT2D eigenvalue weighted by Gasteiger charge is 2.18. The molecule has 0 fully saturated rings. The van der Waals surface area contributed by atoms with Gasteiger partial charge >= 0.3 is 5.97 Å². The third-order valence-electron chi connectivity index (χ3n) is 3.61. The lowest BCUT2D eigenvalue weighted by molar-refractivity contribution is -0.148. The number of aromatic amines is 1. The zero-order valence-corrected chi connectivity index (χ0v) is 11.8. The maximum atomic E-state index is 12.1. The highest BCUT2D eigenvalue weighted by Crippen LogP contribution is 2.22. The highest BCUT2D eigenvalue weighted by molar-refractivity contribution is 6.37. The summed E-state index contributed by atoms with van der Waals surface area (Å²) in [6, 6.07) is 11.7. The molecule has 0 bridgehead atoms. The maximum Gasteiger partial charge on any atom is 0.372 e. The molecule has 0 saturated carbocycles. The number of nitrogens with one attached hydrogen (secondary N) is 1. The van der Waals surface area contributed by atoms with Crippen LogP contribution in [0.1, 0.15) is 16.8 Å². The van der Waals surface area contributed by atoms with E-state index in [4.69, 9.17) is 5.11 Å². The Labute approximate surface area is 129 Å². The summed E-state index contributed by atoms with van der Waals surface area (Å²) in [7, 11) is 0. The second kappa shape index (κ2) is 5.49. The molecule has 0 saturated heterocycles. The van der Waals surface area contributed by atoms with Crippen LogP contribution in [0, 0.1) is 0 Å². The van der Waals surface area contributed by atoms with E-state index >= 15 is 0 Å². The second-order valence-corrected chi connectivity index (χ2v) is 5.09. The van der Waals surface area contributed by atoms with Crippen molar-refractivity contribution < 1.29 is 19.5 Å². The molecule has 0 unspecified atom stereocenters. The van der Waals surface area contributed by atoms with E-state index < -0.39 is 24.0 Å². The fourth-order valence-corrected chi connectivity index (χ4v) is 2.49. The number of aromatic nitrogens is 1. The molecule has 3 rings (SSSR count). The summed E-state index contributed by atoms with van der Waals surface area (Å²) in [6.45, 7) is 0. The molecule has 2 N–H and O–H groups in total. The summed E-state index contributed by atoms with van der Waals surface area (Å²) in [5.41, 5.74) is 0.361. The number of rotatable bonds is 4. The largest absolute Gasteiger partial charge is 0.475 e. The summed E-state index contributed by atoms with van der Waals surface area (Å²) in [6.07, 6.45) is -0.710. The van der Waals surface area contributed by atoms with Gasteiger partial charge in [0.2, 0.25) is 5.78 Å². The number of fused-ring (bicyclic) bond motifs is 3. The molecule has 1 heterocycles. The maximum absolute atomic E-state index is 12.1. The van der Waals surface area contributed by atoms with Crippen molar-refractivity contribution in [2.75, 3.05) is 0 Å². The van der Waals surface area contributed by atoms with Gasteiger partial charge in [0.25, 0.3) is 5.56 Å². The monoisotopic (exact) mass is 309 g/mol. The molecule has 1 aromatic heterocycles. The van der Waals surface area contributed by atoms with Crippen molar-refractivity contribution in [2.24, 2.45) is 0 Å². The van der Waals surface area contributed by atoms with E-state index in [1.54, 1.807) is 18.2 Å². The van der Waals surface area contributed by atoms with E-state index in [-0.39, 0.29) is 11.1 Å². The number of aliphatic carboxylic acids is 1. The van der Waals surface area contributed by atoms with E-state index in [0.717, 1.165) is 10.8 Å². The van der Waals surface area contributed by atoms with Gasteiger partial charge in [-0.2, -0.15) is 0 Å². The molecular weight excluding hydrogens is 298 g/mol. The summed E-state index contributed by atoms with van der Waals surface area (Å²) < 4.78 is 0. The number of carboxylic acid groups (broad SMARTS) is 1. The Morgan fingerprint density at radius 3 is 2.35 bits per heavy atom. The van der Waals surface area contributed by atoms with Crippen molar-refractivity contribution in [3.8, 4) is 0 Å². The molecule has 6 nitrogen and oxygen atoms in total. The molecule has 2 aromatic carbocycles. The molecule has 0 aliphatic rings. The van der Waals surface area contributed by atoms with Gasteiger partial charge in [0, 0.05) is 21.9 Å². The Kier molecular flexibility index (Phi) is 3.50. The highest BCUT2D eigenvalue weighted by atomic mass is 16.4. The molecule has 0 atom stereocenters. The third kappa shape index (κ3) is 2.62. The van der Waals surface area contributed by atoms with Crippen LogP contribution >= 0.6 is 0 Å². The standard InChI is InChI=1S/C17H11NO5/c19-14(8-15(20)17(22)23)9-5-6-11-10-3-1-2-4-12(10)16(21)18-13(11)7-9/h1-7H,8H2,(H,18,21)(H,22,23). The minimum atomic E-state index is -1.64. The lowest BCUT2D eigenvalue weighted by Gasteiger charge is -2.05. The molecule has 3 aromatic rings. The number of carboxylic acids is 1. The number of carbonyl (C=O) groups is 3. The summed E-state index contributed by atoms with van der Waals surface area (Å²) in [5.74, 6) is -3.41. The summed E-state index contributed by atoms with van der Waals surface area (Å²) >= 11 is 0. The zero-order valence-electron chi connectivity index (χ0n) is 11.8. The van der Waals surface area contributed by atoms with Crippen LogP contribution in [-0.4, -0.2) is 27.6 Å². The fraction of sp³-hybridized carbons (Fsp3) is 0.0588. The van der Waals surface area contributed by atoms with Crippen LogP contribution in [0.3, 0.4) is 0 Å². The van der Waals surface area contributed by atoms with Gasteiger partial charge < -0.3 is 10.1 Å². The number of H-pyrrole nitrogens is 1. The average molecular weight is 309 g/mol. The Morgan fingerprint density at radius 2 is 1.65 bits per heavy atom. The number of pyridine rings is 1. The molecule has 114 valence electrons. The van der Waals surface area contributed by atoms with Crippen molar-refractivity contribution in [1.29, 1.82) is 0 Å². The number of hydrogen-bond acceptors (Lipinski definition) is 4. The second-order valence-electron chi connectivity index (χ2n) is 5.09. The van der Waals surface area contributed by atoms with Crippen LogP contribution in [0.15, 0.2) is 47.3 Å².